The predicted octanol–water partition coefficient (Wildman–Crippen LogP) is 3.46. The monoisotopic (exact) mass is 373 g/mol. The summed E-state index contributed by atoms with van der Waals surface area (Å²) >= 11 is 5.20. The molecule has 0 aromatic heterocycles. The maximum absolute atomic E-state index is 12.3. The lowest BCUT2D eigenvalue weighted by molar-refractivity contribution is 0.0941. The van der Waals surface area contributed by atoms with Crippen LogP contribution in [0.15, 0.2) is 42.5 Å². The van der Waals surface area contributed by atoms with E-state index in [0.29, 0.717) is 23.0 Å². The van der Waals surface area contributed by atoms with E-state index in [1.165, 1.54) is 12.7 Å². The van der Waals surface area contributed by atoms with Crippen LogP contribution in [0, 0.1) is 0 Å². The number of benzene rings is 2. The predicted molar refractivity (Wildman–Crippen MR) is 107 cm³/mol. The quantitative estimate of drug-likeness (QED) is 0.551. The highest BCUT2D eigenvalue weighted by Crippen LogP contribution is 2.24. The van der Waals surface area contributed by atoms with Crippen molar-refractivity contribution in [2.24, 2.45) is 0 Å². The summed E-state index contributed by atoms with van der Waals surface area (Å²) in [7, 11) is 3.04. The first-order valence-corrected chi connectivity index (χ1v) is 8.54. The van der Waals surface area contributed by atoms with Crippen molar-refractivity contribution >= 4 is 28.9 Å². The smallest absolute Gasteiger partial charge is 0.273 e. The Kier molecular flexibility index (Phi) is 6.80. The summed E-state index contributed by atoms with van der Waals surface area (Å²) in [6.45, 7) is 4.27. The summed E-state index contributed by atoms with van der Waals surface area (Å²) < 4.78 is 10.3. The zero-order valence-corrected chi connectivity index (χ0v) is 16.1. The van der Waals surface area contributed by atoms with Crippen molar-refractivity contribution in [2.45, 2.75) is 19.8 Å². The van der Waals surface area contributed by atoms with Crippen LogP contribution in [0.3, 0.4) is 0 Å². The molecule has 0 heterocycles. The van der Waals surface area contributed by atoms with Crippen LogP contribution in [0.2, 0.25) is 0 Å². The van der Waals surface area contributed by atoms with E-state index in [0.717, 1.165) is 5.69 Å². The third-order valence-electron chi connectivity index (χ3n) is 3.78. The van der Waals surface area contributed by atoms with Crippen molar-refractivity contribution in [3.05, 3.63) is 53.6 Å². The zero-order valence-electron chi connectivity index (χ0n) is 15.3. The summed E-state index contributed by atoms with van der Waals surface area (Å²) in [5, 5.41) is 3.30. The van der Waals surface area contributed by atoms with Gasteiger partial charge in [0.15, 0.2) is 5.11 Å². The third kappa shape index (κ3) is 5.10. The maximum Gasteiger partial charge on any atom is 0.273 e. The van der Waals surface area contributed by atoms with Gasteiger partial charge >= 0.3 is 0 Å². The van der Waals surface area contributed by atoms with Gasteiger partial charge in [-0.05, 0) is 48.0 Å². The normalized spacial score (nSPS) is 10.2. The molecule has 0 unspecified atom stereocenters. The summed E-state index contributed by atoms with van der Waals surface area (Å²) in [6.07, 6.45) is 0. The molecule has 0 aliphatic carbocycles. The van der Waals surface area contributed by atoms with Crippen LogP contribution in [0.4, 0.5) is 5.69 Å². The van der Waals surface area contributed by atoms with Crippen molar-refractivity contribution < 1.29 is 14.3 Å². The van der Waals surface area contributed by atoms with E-state index in [4.69, 9.17) is 21.7 Å². The van der Waals surface area contributed by atoms with Gasteiger partial charge in [0.2, 0.25) is 0 Å². The highest BCUT2D eigenvalue weighted by molar-refractivity contribution is 7.80. The van der Waals surface area contributed by atoms with Crippen LogP contribution in [-0.2, 0) is 0 Å². The van der Waals surface area contributed by atoms with Gasteiger partial charge in [0, 0.05) is 11.8 Å². The van der Waals surface area contributed by atoms with Crippen LogP contribution in [-0.4, -0.2) is 25.2 Å². The molecule has 0 radical (unpaired) electrons. The fraction of sp³-hybridized carbons (Fsp3) is 0.263. The molecule has 26 heavy (non-hydrogen) atoms. The van der Waals surface area contributed by atoms with Gasteiger partial charge in [-0.15, -0.1) is 0 Å². The molecule has 6 nitrogen and oxygen atoms in total. The van der Waals surface area contributed by atoms with Gasteiger partial charge in [-0.2, -0.15) is 0 Å². The standard InChI is InChI=1S/C19H23N3O3S/c1-12(2)13-5-7-14(8-6-13)20-19(26)22-21-18(23)16-10-9-15(24-3)11-17(16)25-4/h5-12H,1-4H3,(H,21,23)(H2,20,22,26). The fourth-order valence-electron chi connectivity index (χ4n) is 2.28. The van der Waals surface area contributed by atoms with Gasteiger partial charge in [-0.1, -0.05) is 26.0 Å². The topological polar surface area (TPSA) is 71.6 Å². The minimum atomic E-state index is -0.371. The number of rotatable bonds is 5. The molecule has 0 fully saturated rings. The number of ether oxygens (including phenoxy) is 2. The van der Waals surface area contributed by atoms with Gasteiger partial charge in [0.05, 0.1) is 19.8 Å². The van der Waals surface area contributed by atoms with Crippen molar-refractivity contribution in [3.63, 3.8) is 0 Å². The van der Waals surface area contributed by atoms with E-state index in [9.17, 15) is 4.79 Å². The van der Waals surface area contributed by atoms with Crippen molar-refractivity contribution in [3.8, 4) is 11.5 Å². The average Bonchev–Trinajstić information content (AvgIpc) is 2.65. The second kappa shape index (κ2) is 9.05. The lowest BCUT2D eigenvalue weighted by atomic mass is 10.0. The molecule has 7 heteroatoms. The molecule has 0 aliphatic heterocycles. The highest BCUT2D eigenvalue weighted by Gasteiger charge is 2.13. The molecule has 2 aromatic carbocycles. The van der Waals surface area contributed by atoms with E-state index >= 15 is 0 Å². The molecule has 2 aromatic rings. The first-order valence-electron chi connectivity index (χ1n) is 8.14. The molecule has 0 aliphatic rings. The largest absolute Gasteiger partial charge is 0.497 e. The number of amides is 1. The Morgan fingerprint density at radius 2 is 1.69 bits per heavy atom. The molecule has 1 amide bonds. The van der Waals surface area contributed by atoms with Gasteiger partial charge in [-0.25, -0.2) is 0 Å². The van der Waals surface area contributed by atoms with Crippen molar-refractivity contribution in [1.29, 1.82) is 0 Å². The number of carbonyl (C=O) groups excluding carboxylic acids is 1. The minimum absolute atomic E-state index is 0.281. The van der Waals surface area contributed by atoms with E-state index < -0.39 is 0 Å². The molecular formula is C19H23N3O3S. The molecular weight excluding hydrogens is 350 g/mol. The Labute approximate surface area is 158 Å². The molecule has 2 rings (SSSR count). The number of thiocarbonyl (C=S) groups is 1. The SMILES string of the molecule is COc1ccc(C(=O)NNC(=S)Nc2ccc(C(C)C)cc2)c(OC)c1. The number of carbonyl (C=O) groups is 1. The molecule has 0 bridgehead atoms. The molecule has 3 N–H and O–H groups in total. The van der Waals surface area contributed by atoms with E-state index in [2.05, 4.69) is 30.0 Å². The second-order valence-electron chi connectivity index (χ2n) is 5.88. The average molecular weight is 373 g/mol. The third-order valence-corrected chi connectivity index (χ3v) is 3.98. The van der Waals surface area contributed by atoms with Gasteiger partial charge < -0.3 is 14.8 Å². The summed E-state index contributed by atoms with van der Waals surface area (Å²) in [6, 6.07) is 12.9. The Morgan fingerprint density at radius 3 is 2.27 bits per heavy atom. The fourth-order valence-corrected chi connectivity index (χ4v) is 2.45. The van der Waals surface area contributed by atoms with E-state index in [1.54, 1.807) is 25.3 Å². The summed E-state index contributed by atoms with van der Waals surface area (Å²) in [5.74, 6) is 1.11. The Bertz CT molecular complexity index is 776. The Hall–Kier alpha value is -2.80. The van der Waals surface area contributed by atoms with Crippen LogP contribution in [0.1, 0.15) is 35.7 Å². The lowest BCUT2D eigenvalue weighted by Gasteiger charge is -2.14. The molecule has 0 saturated carbocycles. The summed E-state index contributed by atoms with van der Waals surface area (Å²) in [4.78, 5) is 12.3. The number of hydrazine groups is 1. The van der Waals surface area contributed by atoms with Crippen LogP contribution < -0.4 is 25.6 Å². The van der Waals surface area contributed by atoms with E-state index in [-0.39, 0.29) is 11.0 Å². The van der Waals surface area contributed by atoms with Gasteiger partial charge in [-0.3, -0.25) is 15.6 Å². The van der Waals surface area contributed by atoms with Crippen molar-refractivity contribution in [2.75, 3.05) is 19.5 Å². The maximum atomic E-state index is 12.3. The zero-order chi connectivity index (χ0) is 19.1. The number of hydrogen-bond donors (Lipinski definition) is 3. The highest BCUT2D eigenvalue weighted by atomic mass is 32.1. The summed E-state index contributed by atoms with van der Waals surface area (Å²) in [5.41, 5.74) is 7.67. The van der Waals surface area contributed by atoms with E-state index in [1.807, 2.05) is 24.3 Å². The van der Waals surface area contributed by atoms with Crippen LogP contribution in [0.5, 0.6) is 11.5 Å². The van der Waals surface area contributed by atoms with Gasteiger partial charge in [0.1, 0.15) is 11.5 Å². The second-order valence-corrected chi connectivity index (χ2v) is 6.28. The minimum Gasteiger partial charge on any atom is -0.497 e. The number of anilines is 1. The first-order chi connectivity index (χ1) is 12.4. The first kappa shape index (κ1) is 19.5. The Balaban J connectivity index is 1.93. The number of hydrogen-bond acceptors (Lipinski definition) is 4. The molecule has 0 spiro atoms. The molecule has 138 valence electrons. The number of nitrogens with one attached hydrogen (secondary N) is 3. The number of methoxy groups -OCH3 is 2. The lowest BCUT2D eigenvalue weighted by Crippen LogP contribution is -2.43. The van der Waals surface area contributed by atoms with Crippen LogP contribution in [0.25, 0.3) is 0 Å². The Morgan fingerprint density at radius 1 is 1.00 bits per heavy atom. The molecule has 0 saturated heterocycles. The van der Waals surface area contributed by atoms with Gasteiger partial charge in [0.25, 0.3) is 5.91 Å². The van der Waals surface area contributed by atoms with Crippen molar-refractivity contribution in [1.82, 2.24) is 10.9 Å². The van der Waals surface area contributed by atoms with Crippen LogP contribution >= 0.6 is 12.2 Å². The molecule has 0 atom stereocenters.